The Morgan fingerprint density at radius 1 is 1.31 bits per heavy atom. The van der Waals surface area contributed by atoms with E-state index in [1.54, 1.807) is 0 Å². The van der Waals surface area contributed by atoms with Gasteiger partial charge >= 0.3 is 0 Å². The van der Waals surface area contributed by atoms with Crippen LogP contribution in [0.5, 0.6) is 0 Å². The first-order valence-corrected chi connectivity index (χ1v) is 5.53. The van der Waals surface area contributed by atoms with E-state index < -0.39 is 0 Å². The molecule has 0 bridgehead atoms. The maximum absolute atomic E-state index is 9.36. The smallest absolute Gasteiger partial charge is 0.0639 e. The van der Waals surface area contributed by atoms with Gasteiger partial charge in [-0.25, -0.2) is 0 Å². The molecule has 0 amide bonds. The van der Waals surface area contributed by atoms with Crippen molar-refractivity contribution in [3.63, 3.8) is 0 Å². The Labute approximate surface area is 81.9 Å². The van der Waals surface area contributed by atoms with Crippen LogP contribution < -0.4 is 0 Å². The standard InChI is InChI=1S/C11H23NO/c1-9(2)11-6-4-5-7-12(11)8-10(3)13/h9-11,13H,4-8H2,1-3H3. The molecule has 0 aromatic carbocycles. The molecule has 0 spiro atoms. The van der Waals surface area contributed by atoms with E-state index in [1.165, 1.54) is 25.8 Å². The van der Waals surface area contributed by atoms with Crippen LogP contribution in [0.3, 0.4) is 0 Å². The number of likely N-dealkylation sites (tertiary alicyclic amines) is 1. The van der Waals surface area contributed by atoms with Crippen molar-refractivity contribution < 1.29 is 5.11 Å². The van der Waals surface area contributed by atoms with Crippen LogP contribution in [0.2, 0.25) is 0 Å². The highest BCUT2D eigenvalue weighted by molar-refractivity contribution is 4.80. The third-order valence-electron chi connectivity index (χ3n) is 2.93. The van der Waals surface area contributed by atoms with Crippen LogP contribution >= 0.6 is 0 Å². The second-order valence-corrected chi connectivity index (χ2v) is 4.65. The molecule has 2 unspecified atom stereocenters. The third kappa shape index (κ3) is 3.28. The molecule has 0 aromatic heterocycles. The van der Waals surface area contributed by atoms with E-state index in [1.807, 2.05) is 6.92 Å². The zero-order valence-electron chi connectivity index (χ0n) is 9.16. The minimum Gasteiger partial charge on any atom is -0.392 e. The maximum Gasteiger partial charge on any atom is 0.0639 e. The zero-order valence-corrected chi connectivity index (χ0v) is 9.16. The molecule has 0 radical (unpaired) electrons. The van der Waals surface area contributed by atoms with Gasteiger partial charge in [-0.1, -0.05) is 20.3 Å². The minimum absolute atomic E-state index is 0.181. The Hall–Kier alpha value is -0.0800. The largest absolute Gasteiger partial charge is 0.392 e. The van der Waals surface area contributed by atoms with Gasteiger partial charge in [0, 0.05) is 12.6 Å². The monoisotopic (exact) mass is 185 g/mol. The summed E-state index contributed by atoms with van der Waals surface area (Å²) in [5.41, 5.74) is 0. The van der Waals surface area contributed by atoms with Gasteiger partial charge in [0.2, 0.25) is 0 Å². The van der Waals surface area contributed by atoms with Crippen LogP contribution in [-0.2, 0) is 0 Å². The van der Waals surface area contributed by atoms with Gasteiger partial charge in [0.15, 0.2) is 0 Å². The number of aliphatic hydroxyl groups is 1. The van der Waals surface area contributed by atoms with Crippen molar-refractivity contribution in [2.45, 2.75) is 52.2 Å². The fourth-order valence-corrected chi connectivity index (χ4v) is 2.34. The minimum atomic E-state index is -0.181. The zero-order chi connectivity index (χ0) is 9.84. The second kappa shape index (κ2) is 4.97. The molecule has 13 heavy (non-hydrogen) atoms. The average molecular weight is 185 g/mol. The fourth-order valence-electron chi connectivity index (χ4n) is 2.34. The number of piperidine rings is 1. The summed E-state index contributed by atoms with van der Waals surface area (Å²) in [6.45, 7) is 8.47. The fraction of sp³-hybridized carbons (Fsp3) is 1.00. The molecule has 1 N–H and O–H groups in total. The molecule has 1 aliphatic rings. The lowest BCUT2D eigenvalue weighted by molar-refractivity contribution is 0.0574. The van der Waals surface area contributed by atoms with Crippen molar-refractivity contribution in [1.82, 2.24) is 4.90 Å². The molecule has 78 valence electrons. The third-order valence-corrected chi connectivity index (χ3v) is 2.93. The number of rotatable bonds is 3. The molecule has 1 rings (SSSR count). The van der Waals surface area contributed by atoms with Crippen molar-refractivity contribution in [3.8, 4) is 0 Å². The van der Waals surface area contributed by atoms with Gasteiger partial charge < -0.3 is 5.11 Å². The quantitative estimate of drug-likeness (QED) is 0.725. The number of nitrogens with zero attached hydrogens (tertiary/aromatic N) is 1. The van der Waals surface area contributed by atoms with Crippen LogP contribution in [0, 0.1) is 5.92 Å². The summed E-state index contributed by atoms with van der Waals surface area (Å²) >= 11 is 0. The average Bonchev–Trinajstić information content (AvgIpc) is 2.03. The summed E-state index contributed by atoms with van der Waals surface area (Å²) in [4.78, 5) is 2.46. The number of hydrogen-bond acceptors (Lipinski definition) is 2. The van der Waals surface area contributed by atoms with E-state index in [0.29, 0.717) is 6.04 Å². The van der Waals surface area contributed by atoms with Crippen LogP contribution in [0.4, 0.5) is 0 Å². The normalized spacial score (nSPS) is 27.9. The molecule has 2 heteroatoms. The van der Waals surface area contributed by atoms with Crippen LogP contribution in [0.25, 0.3) is 0 Å². The van der Waals surface area contributed by atoms with Crippen molar-refractivity contribution in [3.05, 3.63) is 0 Å². The van der Waals surface area contributed by atoms with E-state index in [2.05, 4.69) is 18.7 Å². The van der Waals surface area contributed by atoms with Gasteiger partial charge in [0.1, 0.15) is 0 Å². The summed E-state index contributed by atoms with van der Waals surface area (Å²) in [6, 6.07) is 0.698. The first-order chi connectivity index (χ1) is 6.11. The summed E-state index contributed by atoms with van der Waals surface area (Å²) in [7, 11) is 0. The van der Waals surface area contributed by atoms with E-state index in [4.69, 9.17) is 0 Å². The van der Waals surface area contributed by atoms with Crippen molar-refractivity contribution in [2.24, 2.45) is 5.92 Å². The van der Waals surface area contributed by atoms with E-state index in [0.717, 1.165) is 12.5 Å². The Balaban J connectivity index is 2.46. The Morgan fingerprint density at radius 3 is 2.54 bits per heavy atom. The SMILES string of the molecule is CC(O)CN1CCCCC1C(C)C. The van der Waals surface area contributed by atoms with E-state index >= 15 is 0 Å². The molecule has 0 saturated carbocycles. The van der Waals surface area contributed by atoms with Crippen molar-refractivity contribution in [1.29, 1.82) is 0 Å². The summed E-state index contributed by atoms with van der Waals surface area (Å²) in [6.07, 6.45) is 3.79. The molecule has 1 fully saturated rings. The predicted molar refractivity (Wildman–Crippen MR) is 55.7 cm³/mol. The molecule has 1 saturated heterocycles. The van der Waals surface area contributed by atoms with Gasteiger partial charge in [-0.3, -0.25) is 4.90 Å². The number of hydrogen-bond donors (Lipinski definition) is 1. The molecular weight excluding hydrogens is 162 g/mol. The van der Waals surface area contributed by atoms with Gasteiger partial charge in [-0.2, -0.15) is 0 Å². The Bertz CT molecular complexity index is 145. The number of aliphatic hydroxyl groups excluding tert-OH is 1. The molecule has 1 heterocycles. The molecule has 2 nitrogen and oxygen atoms in total. The maximum atomic E-state index is 9.36. The van der Waals surface area contributed by atoms with E-state index in [-0.39, 0.29) is 6.10 Å². The summed E-state index contributed by atoms with van der Waals surface area (Å²) in [5, 5.41) is 9.36. The van der Waals surface area contributed by atoms with Crippen LogP contribution in [0.1, 0.15) is 40.0 Å². The second-order valence-electron chi connectivity index (χ2n) is 4.65. The lowest BCUT2D eigenvalue weighted by Gasteiger charge is -2.38. The summed E-state index contributed by atoms with van der Waals surface area (Å²) < 4.78 is 0. The van der Waals surface area contributed by atoms with Gasteiger partial charge in [0.25, 0.3) is 0 Å². The first-order valence-electron chi connectivity index (χ1n) is 5.53. The lowest BCUT2D eigenvalue weighted by Crippen LogP contribution is -2.45. The molecule has 0 aliphatic carbocycles. The van der Waals surface area contributed by atoms with Crippen molar-refractivity contribution in [2.75, 3.05) is 13.1 Å². The highest BCUT2D eigenvalue weighted by atomic mass is 16.3. The summed E-state index contributed by atoms with van der Waals surface area (Å²) in [5.74, 6) is 0.721. The van der Waals surface area contributed by atoms with Gasteiger partial charge in [-0.15, -0.1) is 0 Å². The van der Waals surface area contributed by atoms with Gasteiger partial charge in [-0.05, 0) is 32.2 Å². The molecule has 0 aromatic rings. The lowest BCUT2D eigenvalue weighted by atomic mass is 9.92. The predicted octanol–water partition coefficient (Wildman–Crippen LogP) is 1.88. The Morgan fingerprint density at radius 2 is 2.00 bits per heavy atom. The van der Waals surface area contributed by atoms with Gasteiger partial charge in [0.05, 0.1) is 6.10 Å². The van der Waals surface area contributed by atoms with E-state index in [9.17, 15) is 5.11 Å². The molecular formula is C11H23NO. The highest BCUT2D eigenvalue weighted by Crippen LogP contribution is 2.22. The Kier molecular flexibility index (Phi) is 4.20. The van der Waals surface area contributed by atoms with Crippen LogP contribution in [0.15, 0.2) is 0 Å². The first kappa shape index (κ1) is 11.0. The topological polar surface area (TPSA) is 23.5 Å². The van der Waals surface area contributed by atoms with Crippen LogP contribution in [-0.4, -0.2) is 35.2 Å². The highest BCUT2D eigenvalue weighted by Gasteiger charge is 2.25. The number of β-amino-alcohol motifs (C(OH)–C–C–N with tert-alkyl or cyclic N) is 1. The molecule has 2 atom stereocenters. The van der Waals surface area contributed by atoms with Crippen molar-refractivity contribution >= 4 is 0 Å². The molecule has 1 aliphatic heterocycles.